The van der Waals surface area contributed by atoms with Gasteiger partial charge >= 0.3 is 0 Å². The Morgan fingerprint density at radius 1 is 1.40 bits per heavy atom. The lowest BCUT2D eigenvalue weighted by molar-refractivity contribution is -0.123. The topological polar surface area (TPSA) is 74.5 Å². The first-order valence-corrected chi connectivity index (χ1v) is 6.60. The number of hydrogen-bond acceptors (Lipinski definition) is 4. The fourth-order valence-electron chi connectivity index (χ4n) is 1.45. The van der Waals surface area contributed by atoms with Crippen LogP contribution in [0.15, 0.2) is 29.4 Å². The van der Waals surface area contributed by atoms with E-state index in [1.807, 2.05) is 13.0 Å². The summed E-state index contributed by atoms with van der Waals surface area (Å²) in [5.74, 6) is 0.246. The second-order valence-electron chi connectivity index (χ2n) is 4.41. The van der Waals surface area contributed by atoms with Gasteiger partial charge in [0.2, 0.25) is 0 Å². The quantitative estimate of drug-likeness (QED) is 0.613. The summed E-state index contributed by atoms with van der Waals surface area (Å²) in [7, 11) is 0. The molecular weight excluding hydrogens is 254 g/mol. The Bertz CT molecular complexity index is 501. The van der Waals surface area contributed by atoms with Crippen LogP contribution in [0.25, 0.3) is 0 Å². The average Bonchev–Trinajstić information content (AvgIpc) is 2.49. The molecule has 0 saturated heterocycles. The van der Waals surface area contributed by atoms with Crippen LogP contribution in [0.1, 0.15) is 38.7 Å². The Morgan fingerprint density at radius 3 is 2.70 bits per heavy atom. The SMILES string of the molecule is CCCC/C(C)=N/NC(=O)COc1ccc(C#N)cc1. The maximum Gasteiger partial charge on any atom is 0.277 e. The Morgan fingerprint density at radius 2 is 2.10 bits per heavy atom. The second-order valence-corrected chi connectivity index (χ2v) is 4.41. The number of ether oxygens (including phenoxy) is 1. The van der Waals surface area contributed by atoms with Crippen molar-refractivity contribution in [3.8, 4) is 11.8 Å². The van der Waals surface area contributed by atoms with Crippen LogP contribution in [0.3, 0.4) is 0 Å². The molecule has 1 rings (SSSR count). The molecule has 0 heterocycles. The molecule has 0 saturated carbocycles. The molecule has 106 valence electrons. The molecule has 0 aliphatic carbocycles. The maximum atomic E-state index is 11.5. The van der Waals surface area contributed by atoms with E-state index in [1.54, 1.807) is 24.3 Å². The molecule has 0 aliphatic rings. The van der Waals surface area contributed by atoms with E-state index in [9.17, 15) is 4.79 Å². The van der Waals surface area contributed by atoms with E-state index in [0.29, 0.717) is 11.3 Å². The molecule has 0 aliphatic heterocycles. The maximum absolute atomic E-state index is 11.5. The normalized spacial score (nSPS) is 10.8. The highest BCUT2D eigenvalue weighted by molar-refractivity contribution is 5.84. The molecule has 1 amide bonds. The molecule has 0 bridgehead atoms. The van der Waals surface area contributed by atoms with Crippen molar-refractivity contribution in [3.63, 3.8) is 0 Å². The molecule has 5 nitrogen and oxygen atoms in total. The van der Waals surface area contributed by atoms with E-state index < -0.39 is 0 Å². The van der Waals surface area contributed by atoms with Crippen molar-refractivity contribution in [2.75, 3.05) is 6.61 Å². The minimum absolute atomic E-state index is 0.101. The number of hydrogen-bond donors (Lipinski definition) is 1. The van der Waals surface area contributed by atoms with Gasteiger partial charge in [-0.25, -0.2) is 5.43 Å². The van der Waals surface area contributed by atoms with Crippen molar-refractivity contribution in [1.82, 2.24) is 5.43 Å². The van der Waals surface area contributed by atoms with Gasteiger partial charge in [-0.15, -0.1) is 0 Å². The van der Waals surface area contributed by atoms with Crippen molar-refractivity contribution >= 4 is 11.6 Å². The third-order valence-electron chi connectivity index (χ3n) is 2.62. The van der Waals surface area contributed by atoms with Crippen LogP contribution in [0.4, 0.5) is 0 Å². The fraction of sp³-hybridized carbons (Fsp3) is 0.400. The third-order valence-corrected chi connectivity index (χ3v) is 2.62. The van der Waals surface area contributed by atoms with Crippen molar-refractivity contribution in [2.24, 2.45) is 5.10 Å². The molecule has 0 unspecified atom stereocenters. The van der Waals surface area contributed by atoms with E-state index in [2.05, 4.69) is 17.5 Å². The van der Waals surface area contributed by atoms with Gasteiger partial charge in [-0.1, -0.05) is 13.3 Å². The van der Waals surface area contributed by atoms with Crippen LogP contribution in [0.2, 0.25) is 0 Å². The first-order chi connectivity index (χ1) is 9.65. The molecule has 0 aromatic heterocycles. The second kappa shape index (κ2) is 8.70. The molecule has 1 aromatic rings. The van der Waals surface area contributed by atoms with E-state index in [0.717, 1.165) is 25.0 Å². The molecule has 5 heteroatoms. The largest absolute Gasteiger partial charge is 0.484 e. The van der Waals surface area contributed by atoms with E-state index >= 15 is 0 Å². The van der Waals surface area contributed by atoms with Crippen LogP contribution in [0, 0.1) is 11.3 Å². The summed E-state index contributed by atoms with van der Waals surface area (Å²) in [6.07, 6.45) is 3.04. The van der Waals surface area contributed by atoms with Gasteiger partial charge in [0.05, 0.1) is 11.6 Å². The number of hydrazone groups is 1. The van der Waals surface area contributed by atoms with Gasteiger partial charge < -0.3 is 4.74 Å². The molecule has 20 heavy (non-hydrogen) atoms. The molecule has 0 atom stereocenters. The van der Waals surface area contributed by atoms with Gasteiger partial charge in [-0.2, -0.15) is 10.4 Å². The highest BCUT2D eigenvalue weighted by Gasteiger charge is 2.02. The zero-order chi connectivity index (χ0) is 14.8. The van der Waals surface area contributed by atoms with Crippen molar-refractivity contribution in [3.05, 3.63) is 29.8 Å². The smallest absolute Gasteiger partial charge is 0.277 e. The predicted molar refractivity (Wildman–Crippen MR) is 77.4 cm³/mol. The van der Waals surface area contributed by atoms with E-state index in [-0.39, 0.29) is 12.5 Å². The molecule has 0 spiro atoms. The van der Waals surface area contributed by atoms with Crippen LogP contribution in [-0.2, 0) is 4.79 Å². The van der Waals surface area contributed by atoms with Crippen LogP contribution >= 0.6 is 0 Å². The van der Waals surface area contributed by atoms with E-state index in [1.165, 1.54) is 0 Å². The summed E-state index contributed by atoms with van der Waals surface area (Å²) in [5, 5.41) is 12.7. The van der Waals surface area contributed by atoms with Crippen LogP contribution < -0.4 is 10.2 Å². The number of nitrogens with zero attached hydrogens (tertiary/aromatic N) is 2. The zero-order valence-electron chi connectivity index (χ0n) is 11.8. The Hall–Kier alpha value is -2.35. The minimum Gasteiger partial charge on any atom is -0.484 e. The number of rotatable bonds is 7. The first kappa shape index (κ1) is 15.7. The lowest BCUT2D eigenvalue weighted by Crippen LogP contribution is -2.25. The number of nitrogens with one attached hydrogen (secondary N) is 1. The van der Waals surface area contributed by atoms with Gasteiger partial charge in [0.1, 0.15) is 5.75 Å². The summed E-state index contributed by atoms with van der Waals surface area (Å²) >= 11 is 0. The molecule has 0 fully saturated rings. The van der Waals surface area contributed by atoms with Gasteiger partial charge in [-0.3, -0.25) is 4.79 Å². The summed E-state index contributed by atoms with van der Waals surface area (Å²) in [6, 6.07) is 8.60. The zero-order valence-corrected chi connectivity index (χ0v) is 11.8. The van der Waals surface area contributed by atoms with Gasteiger partial charge in [0.15, 0.2) is 6.61 Å². The summed E-state index contributed by atoms with van der Waals surface area (Å²) in [6.45, 7) is 3.89. The lowest BCUT2D eigenvalue weighted by atomic mass is 10.2. The lowest BCUT2D eigenvalue weighted by Gasteiger charge is -2.05. The number of carbonyl (C=O) groups excluding carboxylic acids is 1. The Labute approximate surface area is 119 Å². The third kappa shape index (κ3) is 6.01. The molecular formula is C15H19N3O2. The average molecular weight is 273 g/mol. The van der Waals surface area contributed by atoms with Gasteiger partial charge in [-0.05, 0) is 44.0 Å². The summed E-state index contributed by atoms with van der Waals surface area (Å²) < 4.78 is 5.29. The van der Waals surface area contributed by atoms with Gasteiger partial charge in [0.25, 0.3) is 5.91 Å². The predicted octanol–water partition coefficient (Wildman–Crippen LogP) is 2.62. The van der Waals surface area contributed by atoms with Crippen LogP contribution in [0.5, 0.6) is 5.75 Å². The number of amides is 1. The Balaban J connectivity index is 2.34. The monoisotopic (exact) mass is 273 g/mol. The summed E-state index contributed by atoms with van der Waals surface area (Å²) in [5.41, 5.74) is 3.91. The molecule has 1 N–H and O–H groups in total. The Kier molecular flexibility index (Phi) is 6.83. The fourth-order valence-corrected chi connectivity index (χ4v) is 1.45. The van der Waals surface area contributed by atoms with Crippen LogP contribution in [-0.4, -0.2) is 18.2 Å². The number of benzene rings is 1. The number of nitriles is 1. The highest BCUT2D eigenvalue weighted by atomic mass is 16.5. The van der Waals surface area contributed by atoms with Crippen molar-refractivity contribution in [1.29, 1.82) is 5.26 Å². The standard InChI is InChI=1S/C15H19N3O2/c1-3-4-5-12(2)17-18-15(19)11-20-14-8-6-13(10-16)7-9-14/h6-9H,3-5,11H2,1-2H3,(H,18,19)/b17-12+. The number of carbonyl (C=O) groups is 1. The minimum atomic E-state index is -0.301. The van der Waals surface area contributed by atoms with Crippen molar-refractivity contribution < 1.29 is 9.53 Å². The molecule has 0 radical (unpaired) electrons. The van der Waals surface area contributed by atoms with Gasteiger partial charge in [0, 0.05) is 5.71 Å². The molecule has 1 aromatic carbocycles. The van der Waals surface area contributed by atoms with E-state index in [4.69, 9.17) is 10.00 Å². The van der Waals surface area contributed by atoms with Crippen molar-refractivity contribution in [2.45, 2.75) is 33.1 Å². The highest BCUT2D eigenvalue weighted by Crippen LogP contribution is 2.11. The first-order valence-electron chi connectivity index (χ1n) is 6.60. The number of unbranched alkanes of at least 4 members (excludes halogenated alkanes) is 1. The summed E-state index contributed by atoms with van der Waals surface area (Å²) in [4.78, 5) is 11.5.